The van der Waals surface area contributed by atoms with Gasteiger partial charge in [-0.05, 0) is 60.8 Å². The first-order valence-electron chi connectivity index (χ1n) is 10.6. The number of carbonyl (C=O) groups is 2. The highest BCUT2D eigenvalue weighted by molar-refractivity contribution is 7.17. The number of thiophene rings is 1. The predicted molar refractivity (Wildman–Crippen MR) is 121 cm³/mol. The number of methoxy groups -OCH3 is 1. The van der Waals surface area contributed by atoms with Gasteiger partial charge in [-0.3, -0.25) is 4.79 Å². The largest absolute Gasteiger partial charge is 0.481 e. The lowest BCUT2D eigenvalue weighted by Gasteiger charge is -2.21. The highest BCUT2D eigenvalue weighted by Gasteiger charge is 2.29. The van der Waals surface area contributed by atoms with Gasteiger partial charge in [-0.1, -0.05) is 39.8 Å². The molecular weight excluding hydrogens is 398 g/mol. The van der Waals surface area contributed by atoms with E-state index in [9.17, 15) is 9.59 Å². The molecule has 0 spiro atoms. The minimum absolute atomic E-state index is 0.0582. The lowest BCUT2D eigenvalue weighted by molar-refractivity contribution is -0.122. The van der Waals surface area contributed by atoms with Crippen molar-refractivity contribution >= 4 is 28.2 Å². The molecule has 0 saturated heterocycles. The van der Waals surface area contributed by atoms with E-state index in [1.165, 1.54) is 28.9 Å². The van der Waals surface area contributed by atoms with Gasteiger partial charge in [-0.25, -0.2) is 4.79 Å². The van der Waals surface area contributed by atoms with Gasteiger partial charge < -0.3 is 14.8 Å². The molecule has 3 rings (SSSR count). The van der Waals surface area contributed by atoms with Gasteiger partial charge in [0.25, 0.3) is 5.91 Å². The first kappa shape index (κ1) is 22.3. The second-order valence-corrected chi connectivity index (χ2v) is 9.79. The zero-order valence-electron chi connectivity index (χ0n) is 18.5. The molecule has 1 aliphatic carbocycles. The van der Waals surface area contributed by atoms with E-state index in [2.05, 4.69) is 26.1 Å². The monoisotopic (exact) mass is 429 g/mol. The second kappa shape index (κ2) is 9.21. The third-order valence-corrected chi connectivity index (χ3v) is 6.67. The highest BCUT2D eigenvalue weighted by Crippen LogP contribution is 2.38. The van der Waals surface area contributed by atoms with Crippen LogP contribution in [0.15, 0.2) is 24.3 Å². The Morgan fingerprint density at radius 3 is 2.40 bits per heavy atom. The SMILES string of the molecule is CC[C@H](Oc1ccc(C(C)(C)C)cc1)C(=O)Nc1sc2c(c1C(=O)OC)CCCC2. The van der Waals surface area contributed by atoms with Crippen LogP contribution in [0.5, 0.6) is 5.75 Å². The van der Waals surface area contributed by atoms with Crippen LogP contribution in [0.2, 0.25) is 0 Å². The first-order valence-corrected chi connectivity index (χ1v) is 11.4. The molecule has 30 heavy (non-hydrogen) atoms. The molecular formula is C24H31NO4S. The van der Waals surface area contributed by atoms with E-state index < -0.39 is 12.1 Å². The molecule has 0 unspecified atom stereocenters. The zero-order chi connectivity index (χ0) is 21.9. The van der Waals surface area contributed by atoms with Crippen molar-refractivity contribution in [2.24, 2.45) is 0 Å². The Morgan fingerprint density at radius 2 is 1.80 bits per heavy atom. The fourth-order valence-corrected chi connectivity index (χ4v) is 4.96. The quantitative estimate of drug-likeness (QED) is 0.615. The van der Waals surface area contributed by atoms with Gasteiger partial charge in [0.15, 0.2) is 6.10 Å². The number of fused-ring (bicyclic) bond motifs is 1. The summed E-state index contributed by atoms with van der Waals surface area (Å²) in [7, 11) is 1.38. The van der Waals surface area contributed by atoms with Crippen LogP contribution in [-0.2, 0) is 27.8 Å². The van der Waals surface area contributed by atoms with Gasteiger partial charge in [0.05, 0.1) is 12.7 Å². The van der Waals surface area contributed by atoms with Crippen LogP contribution < -0.4 is 10.1 Å². The number of anilines is 1. The molecule has 1 aromatic carbocycles. The standard InChI is InChI=1S/C24H31NO4S/c1-6-18(29-16-13-11-15(12-14-16)24(2,3)4)21(26)25-22-20(23(27)28-5)17-9-7-8-10-19(17)30-22/h11-14,18H,6-10H2,1-5H3,(H,25,26)/t18-/m0/s1. The molecule has 1 aliphatic rings. The number of esters is 1. The summed E-state index contributed by atoms with van der Waals surface area (Å²) in [5.74, 6) is 0.0150. The molecule has 5 nitrogen and oxygen atoms in total. The van der Waals surface area contributed by atoms with E-state index in [-0.39, 0.29) is 11.3 Å². The minimum Gasteiger partial charge on any atom is -0.481 e. The Balaban J connectivity index is 1.77. The molecule has 1 heterocycles. The van der Waals surface area contributed by atoms with Gasteiger partial charge in [0.1, 0.15) is 10.8 Å². The number of nitrogens with one attached hydrogen (secondary N) is 1. The van der Waals surface area contributed by atoms with E-state index in [1.54, 1.807) is 0 Å². The average Bonchev–Trinajstić information content (AvgIpc) is 3.08. The van der Waals surface area contributed by atoms with Crippen molar-refractivity contribution in [3.63, 3.8) is 0 Å². The van der Waals surface area contributed by atoms with Crippen molar-refractivity contribution in [2.45, 2.75) is 71.3 Å². The molecule has 6 heteroatoms. The zero-order valence-corrected chi connectivity index (χ0v) is 19.3. The number of rotatable bonds is 6. The number of hydrogen-bond acceptors (Lipinski definition) is 5. The molecule has 1 atom stereocenters. The van der Waals surface area contributed by atoms with E-state index in [0.29, 0.717) is 22.7 Å². The molecule has 1 amide bonds. The molecule has 162 valence electrons. The number of amides is 1. The maximum Gasteiger partial charge on any atom is 0.341 e. The first-order chi connectivity index (χ1) is 14.2. The minimum atomic E-state index is -0.643. The van der Waals surface area contributed by atoms with Crippen LogP contribution in [0, 0.1) is 0 Å². The average molecular weight is 430 g/mol. The summed E-state index contributed by atoms with van der Waals surface area (Å²) >= 11 is 1.48. The molecule has 1 N–H and O–H groups in total. The molecule has 1 aromatic heterocycles. The topological polar surface area (TPSA) is 64.6 Å². The third-order valence-electron chi connectivity index (χ3n) is 5.46. The van der Waals surface area contributed by atoms with Gasteiger partial charge in [-0.15, -0.1) is 11.3 Å². The third kappa shape index (κ3) is 4.86. The maximum absolute atomic E-state index is 13.0. The van der Waals surface area contributed by atoms with Crippen molar-refractivity contribution in [2.75, 3.05) is 12.4 Å². The number of benzene rings is 1. The van der Waals surface area contributed by atoms with E-state index in [4.69, 9.17) is 9.47 Å². The summed E-state index contributed by atoms with van der Waals surface area (Å²) in [5.41, 5.74) is 2.80. The molecule has 0 saturated carbocycles. The fraction of sp³-hybridized carbons (Fsp3) is 0.500. The van der Waals surface area contributed by atoms with Crippen molar-refractivity contribution in [3.8, 4) is 5.75 Å². The summed E-state index contributed by atoms with van der Waals surface area (Å²) in [6.45, 7) is 8.38. The lowest BCUT2D eigenvalue weighted by atomic mass is 9.87. The van der Waals surface area contributed by atoms with Crippen LogP contribution in [0.4, 0.5) is 5.00 Å². The fourth-order valence-electron chi connectivity index (χ4n) is 3.68. The van der Waals surface area contributed by atoms with Crippen molar-refractivity contribution in [1.82, 2.24) is 0 Å². The summed E-state index contributed by atoms with van der Waals surface area (Å²) in [4.78, 5) is 26.5. The summed E-state index contributed by atoms with van der Waals surface area (Å²) in [6, 6.07) is 7.87. The molecule has 2 aromatic rings. The second-order valence-electron chi connectivity index (χ2n) is 8.68. The molecule has 0 radical (unpaired) electrons. The Kier molecular flexibility index (Phi) is 6.86. The highest BCUT2D eigenvalue weighted by atomic mass is 32.1. The number of aryl methyl sites for hydroxylation is 1. The lowest BCUT2D eigenvalue weighted by Crippen LogP contribution is -2.32. The van der Waals surface area contributed by atoms with Crippen molar-refractivity contribution < 1.29 is 19.1 Å². The van der Waals surface area contributed by atoms with E-state index in [1.807, 2.05) is 31.2 Å². The van der Waals surface area contributed by atoms with Crippen LogP contribution in [0.25, 0.3) is 0 Å². The van der Waals surface area contributed by atoms with E-state index >= 15 is 0 Å². The Morgan fingerprint density at radius 1 is 1.13 bits per heavy atom. The summed E-state index contributed by atoms with van der Waals surface area (Å²) in [5, 5.41) is 3.52. The number of carbonyl (C=O) groups excluding carboxylic acids is 2. The molecule has 0 bridgehead atoms. The summed E-state index contributed by atoms with van der Waals surface area (Å²) < 4.78 is 11.0. The number of hydrogen-bond donors (Lipinski definition) is 1. The van der Waals surface area contributed by atoms with Crippen LogP contribution >= 0.6 is 11.3 Å². The number of ether oxygens (including phenoxy) is 2. The van der Waals surface area contributed by atoms with Gasteiger partial charge in [-0.2, -0.15) is 0 Å². The van der Waals surface area contributed by atoms with Gasteiger partial charge >= 0.3 is 5.97 Å². The van der Waals surface area contributed by atoms with Gasteiger partial charge in [0.2, 0.25) is 0 Å². The molecule has 0 aliphatic heterocycles. The Bertz CT molecular complexity index is 909. The van der Waals surface area contributed by atoms with Crippen LogP contribution in [-0.4, -0.2) is 25.1 Å². The van der Waals surface area contributed by atoms with Crippen molar-refractivity contribution in [3.05, 3.63) is 45.8 Å². The maximum atomic E-state index is 13.0. The Hall–Kier alpha value is -2.34. The predicted octanol–water partition coefficient (Wildman–Crippen LogP) is 5.51. The normalized spacial score (nSPS) is 14.6. The smallest absolute Gasteiger partial charge is 0.341 e. The van der Waals surface area contributed by atoms with Gasteiger partial charge in [0, 0.05) is 4.88 Å². The van der Waals surface area contributed by atoms with Crippen LogP contribution in [0.1, 0.15) is 73.3 Å². The van der Waals surface area contributed by atoms with E-state index in [0.717, 1.165) is 31.2 Å². The van der Waals surface area contributed by atoms with Crippen LogP contribution in [0.3, 0.4) is 0 Å². The van der Waals surface area contributed by atoms with Crippen molar-refractivity contribution in [1.29, 1.82) is 0 Å². The molecule has 0 fully saturated rings. The summed E-state index contributed by atoms with van der Waals surface area (Å²) in [6.07, 6.45) is 3.81. The Labute approximate surface area is 182 Å².